The highest BCUT2D eigenvalue weighted by atomic mass is 32.1. The second-order valence-electron chi connectivity index (χ2n) is 7.30. The third-order valence-corrected chi connectivity index (χ3v) is 6.66. The molecule has 0 N–H and O–H groups in total. The number of thiazole rings is 1. The molecule has 0 aliphatic carbocycles. The van der Waals surface area contributed by atoms with Crippen LogP contribution < -0.4 is 14.2 Å². The summed E-state index contributed by atoms with van der Waals surface area (Å²) in [4.78, 5) is 19.8. The van der Waals surface area contributed by atoms with E-state index in [9.17, 15) is 4.79 Å². The highest BCUT2D eigenvalue weighted by Gasteiger charge is 2.32. The fourth-order valence-corrected chi connectivity index (χ4v) is 5.14. The molecule has 1 saturated heterocycles. The lowest BCUT2D eigenvalue weighted by atomic mass is 10.1. The first kappa shape index (κ1) is 20.5. The first-order chi connectivity index (χ1) is 14.6. The summed E-state index contributed by atoms with van der Waals surface area (Å²) in [7, 11) is 4.78. The number of carbonyl (C=O) groups excluding carboxylic acids is 1. The lowest BCUT2D eigenvalue weighted by Crippen LogP contribution is -2.30. The number of ether oxygens (including phenoxy) is 3. The van der Waals surface area contributed by atoms with Gasteiger partial charge in [0.05, 0.1) is 37.6 Å². The van der Waals surface area contributed by atoms with Crippen molar-refractivity contribution < 1.29 is 19.0 Å². The standard InChI is InChI=1S/C23H26N2O4S/c1-27-18-13-15(14-19(28-2)22(18)29-3)10-11-21(26)25-12-6-8-17(25)23-24-16-7-4-5-9-20(16)30-23/h4-5,7,9,13-14,17H,6,8,10-12H2,1-3H3/t17-/m1/s1. The molecule has 1 atom stereocenters. The Bertz CT molecular complexity index is 991. The van der Waals surface area contributed by atoms with Gasteiger partial charge in [-0.3, -0.25) is 4.79 Å². The van der Waals surface area contributed by atoms with E-state index in [2.05, 4.69) is 6.07 Å². The van der Waals surface area contributed by atoms with Gasteiger partial charge in [0.25, 0.3) is 0 Å². The second kappa shape index (κ2) is 8.92. The SMILES string of the molecule is COc1cc(CCC(=O)N2CCC[C@@H]2c2nc3ccccc3s2)cc(OC)c1OC. The predicted octanol–water partition coefficient (Wildman–Crippen LogP) is 4.62. The van der Waals surface area contributed by atoms with Crippen LogP contribution >= 0.6 is 11.3 Å². The number of hydrogen-bond acceptors (Lipinski definition) is 6. The monoisotopic (exact) mass is 426 g/mol. The lowest BCUT2D eigenvalue weighted by molar-refractivity contribution is -0.132. The van der Waals surface area contributed by atoms with Gasteiger partial charge >= 0.3 is 0 Å². The molecular formula is C23H26N2O4S. The van der Waals surface area contributed by atoms with E-state index in [1.54, 1.807) is 32.7 Å². The molecule has 0 saturated carbocycles. The second-order valence-corrected chi connectivity index (χ2v) is 8.36. The fourth-order valence-electron chi connectivity index (χ4n) is 4.03. The van der Waals surface area contributed by atoms with Gasteiger partial charge in [-0.25, -0.2) is 4.98 Å². The van der Waals surface area contributed by atoms with Gasteiger partial charge in [0.2, 0.25) is 11.7 Å². The molecule has 0 bridgehead atoms. The largest absolute Gasteiger partial charge is 0.493 e. The van der Waals surface area contributed by atoms with Crippen molar-refractivity contribution in [2.24, 2.45) is 0 Å². The molecule has 0 unspecified atom stereocenters. The molecule has 0 spiro atoms. The van der Waals surface area contributed by atoms with Crippen molar-refractivity contribution in [2.45, 2.75) is 31.7 Å². The first-order valence-corrected chi connectivity index (χ1v) is 10.9. The lowest BCUT2D eigenvalue weighted by Gasteiger charge is -2.23. The predicted molar refractivity (Wildman–Crippen MR) is 118 cm³/mol. The Hall–Kier alpha value is -2.80. The van der Waals surface area contributed by atoms with Crippen LogP contribution in [0.25, 0.3) is 10.2 Å². The summed E-state index contributed by atoms with van der Waals surface area (Å²) in [5.41, 5.74) is 1.99. The summed E-state index contributed by atoms with van der Waals surface area (Å²) in [5, 5.41) is 1.04. The fraction of sp³-hybridized carbons (Fsp3) is 0.391. The average molecular weight is 427 g/mol. The number of rotatable bonds is 7. The summed E-state index contributed by atoms with van der Waals surface area (Å²) in [6.45, 7) is 0.786. The van der Waals surface area contributed by atoms with E-state index in [0.29, 0.717) is 30.1 Å². The number of nitrogens with zero attached hydrogens (tertiary/aromatic N) is 2. The van der Waals surface area contributed by atoms with Gasteiger partial charge < -0.3 is 19.1 Å². The number of aromatic nitrogens is 1. The van der Waals surface area contributed by atoms with E-state index >= 15 is 0 Å². The maximum atomic E-state index is 13.1. The molecule has 1 aliphatic heterocycles. The minimum absolute atomic E-state index is 0.0786. The van der Waals surface area contributed by atoms with Crippen molar-refractivity contribution in [1.82, 2.24) is 9.88 Å². The molecule has 7 heteroatoms. The summed E-state index contributed by atoms with van der Waals surface area (Å²) in [6.07, 6.45) is 3.02. The van der Waals surface area contributed by atoms with E-state index in [4.69, 9.17) is 19.2 Å². The van der Waals surface area contributed by atoms with E-state index in [1.807, 2.05) is 35.2 Å². The van der Waals surface area contributed by atoms with Crippen LogP contribution in [0.3, 0.4) is 0 Å². The van der Waals surface area contributed by atoms with Gasteiger partial charge in [0, 0.05) is 13.0 Å². The molecule has 3 aromatic rings. The molecule has 1 aromatic heterocycles. The Kier molecular flexibility index (Phi) is 6.08. The maximum absolute atomic E-state index is 13.1. The topological polar surface area (TPSA) is 60.9 Å². The summed E-state index contributed by atoms with van der Waals surface area (Å²) in [5.74, 6) is 1.93. The van der Waals surface area contributed by atoms with E-state index in [0.717, 1.165) is 35.5 Å². The molecule has 2 aromatic carbocycles. The van der Waals surface area contributed by atoms with Crippen molar-refractivity contribution >= 4 is 27.5 Å². The molecule has 6 nitrogen and oxygen atoms in total. The van der Waals surface area contributed by atoms with Crippen LogP contribution in [0.4, 0.5) is 0 Å². The summed E-state index contributed by atoms with van der Waals surface area (Å²) in [6, 6.07) is 12.0. The molecule has 158 valence electrons. The number of amides is 1. The number of methoxy groups -OCH3 is 3. The van der Waals surface area contributed by atoms with Crippen LogP contribution in [0.1, 0.15) is 35.9 Å². The highest BCUT2D eigenvalue weighted by molar-refractivity contribution is 7.18. The Balaban J connectivity index is 1.48. The average Bonchev–Trinajstić information content (AvgIpc) is 3.43. The van der Waals surface area contributed by atoms with Gasteiger partial charge in [-0.1, -0.05) is 12.1 Å². The number of fused-ring (bicyclic) bond motifs is 1. The van der Waals surface area contributed by atoms with Crippen molar-refractivity contribution in [2.75, 3.05) is 27.9 Å². The number of para-hydroxylation sites is 1. The number of benzene rings is 2. The number of hydrogen-bond donors (Lipinski definition) is 0. The minimum atomic E-state index is 0.0786. The zero-order valence-corrected chi connectivity index (χ0v) is 18.3. The van der Waals surface area contributed by atoms with Crippen molar-refractivity contribution in [3.63, 3.8) is 0 Å². The van der Waals surface area contributed by atoms with Gasteiger partial charge in [-0.05, 0) is 49.1 Å². The van der Waals surface area contributed by atoms with Crippen molar-refractivity contribution in [3.05, 3.63) is 47.0 Å². The number of likely N-dealkylation sites (tertiary alicyclic amines) is 1. The normalized spacial score (nSPS) is 16.1. The molecule has 30 heavy (non-hydrogen) atoms. The third kappa shape index (κ3) is 3.94. The Morgan fingerprint density at radius 2 is 1.87 bits per heavy atom. The molecule has 1 aliphatic rings. The van der Waals surface area contributed by atoms with Crippen LogP contribution in [0.2, 0.25) is 0 Å². The zero-order valence-electron chi connectivity index (χ0n) is 17.5. The van der Waals surface area contributed by atoms with E-state index in [1.165, 1.54) is 4.70 Å². The van der Waals surface area contributed by atoms with Gasteiger partial charge in [0.1, 0.15) is 5.01 Å². The van der Waals surface area contributed by atoms with Crippen LogP contribution in [-0.2, 0) is 11.2 Å². The molecule has 0 radical (unpaired) electrons. The van der Waals surface area contributed by atoms with Crippen LogP contribution in [0, 0.1) is 0 Å². The van der Waals surface area contributed by atoms with E-state index in [-0.39, 0.29) is 11.9 Å². The summed E-state index contributed by atoms with van der Waals surface area (Å²) < 4.78 is 17.4. The Morgan fingerprint density at radius 1 is 1.13 bits per heavy atom. The van der Waals surface area contributed by atoms with Crippen LogP contribution in [0.15, 0.2) is 36.4 Å². The quantitative estimate of drug-likeness (QED) is 0.552. The molecule has 4 rings (SSSR count). The molecular weight excluding hydrogens is 400 g/mol. The Morgan fingerprint density at radius 3 is 2.53 bits per heavy atom. The minimum Gasteiger partial charge on any atom is -0.493 e. The highest BCUT2D eigenvalue weighted by Crippen LogP contribution is 2.39. The Labute approximate surface area is 180 Å². The van der Waals surface area contributed by atoms with Gasteiger partial charge in [0.15, 0.2) is 11.5 Å². The van der Waals surface area contributed by atoms with Crippen LogP contribution in [0.5, 0.6) is 17.2 Å². The van der Waals surface area contributed by atoms with Gasteiger partial charge in [-0.15, -0.1) is 11.3 Å². The summed E-state index contributed by atoms with van der Waals surface area (Å²) >= 11 is 1.69. The van der Waals surface area contributed by atoms with Crippen molar-refractivity contribution in [1.29, 1.82) is 0 Å². The van der Waals surface area contributed by atoms with Gasteiger partial charge in [-0.2, -0.15) is 0 Å². The number of aryl methyl sites for hydroxylation is 1. The first-order valence-electron chi connectivity index (χ1n) is 10.1. The van der Waals surface area contributed by atoms with Crippen molar-refractivity contribution in [3.8, 4) is 17.2 Å². The smallest absolute Gasteiger partial charge is 0.223 e. The maximum Gasteiger partial charge on any atom is 0.223 e. The molecule has 2 heterocycles. The molecule has 1 fully saturated rings. The molecule has 1 amide bonds. The third-order valence-electron chi connectivity index (χ3n) is 5.52. The number of carbonyl (C=O) groups is 1. The zero-order chi connectivity index (χ0) is 21.1. The van der Waals surface area contributed by atoms with Crippen LogP contribution in [-0.4, -0.2) is 43.7 Å². The van der Waals surface area contributed by atoms with E-state index < -0.39 is 0 Å².